The van der Waals surface area contributed by atoms with Gasteiger partial charge in [0.25, 0.3) is 0 Å². The van der Waals surface area contributed by atoms with E-state index in [2.05, 4.69) is 20.1 Å². The SMILES string of the molecule is CNC1N=C(Cl)N=C(N(C)C)N1OC(F)F. The average Bonchev–Trinajstić information content (AvgIpc) is 2.19. The largest absolute Gasteiger partial charge is 0.365 e. The summed E-state index contributed by atoms with van der Waals surface area (Å²) in [6.45, 7) is -2.96. The minimum Gasteiger partial charge on any atom is -0.347 e. The van der Waals surface area contributed by atoms with Crippen LogP contribution in [0, 0.1) is 0 Å². The molecular formula is C7H12ClF2N5O. The van der Waals surface area contributed by atoms with Gasteiger partial charge in [-0.1, -0.05) is 0 Å². The van der Waals surface area contributed by atoms with Gasteiger partial charge in [0.15, 0.2) is 0 Å². The lowest BCUT2D eigenvalue weighted by atomic mass is 10.6. The molecule has 1 N–H and O–H groups in total. The molecule has 1 aliphatic rings. The van der Waals surface area contributed by atoms with Gasteiger partial charge in [0.05, 0.1) is 0 Å². The molecule has 0 amide bonds. The van der Waals surface area contributed by atoms with Gasteiger partial charge in [-0.3, -0.25) is 5.32 Å². The molecule has 0 saturated heterocycles. The molecule has 1 aliphatic heterocycles. The van der Waals surface area contributed by atoms with Gasteiger partial charge in [0, 0.05) is 14.1 Å². The predicted octanol–water partition coefficient (Wildman–Crippen LogP) is 0.472. The zero-order chi connectivity index (χ0) is 12.3. The summed E-state index contributed by atoms with van der Waals surface area (Å²) in [4.78, 5) is 13.4. The number of alkyl halides is 2. The second-order valence-corrected chi connectivity index (χ2v) is 3.40. The highest BCUT2D eigenvalue weighted by Crippen LogP contribution is 2.14. The smallest absolute Gasteiger partial charge is 0.347 e. The maximum Gasteiger partial charge on any atom is 0.365 e. The van der Waals surface area contributed by atoms with Gasteiger partial charge in [-0.05, 0) is 18.6 Å². The summed E-state index contributed by atoms with van der Waals surface area (Å²) < 4.78 is 24.4. The van der Waals surface area contributed by atoms with E-state index in [4.69, 9.17) is 11.6 Å². The Morgan fingerprint density at radius 1 is 1.56 bits per heavy atom. The standard InChI is InChI=1S/C7H12ClF2N5O/c1-11-6-12-4(8)13-7(14(2)3)15(6)16-5(9)10/h5-6,11H,1-3H3. The number of nitrogens with one attached hydrogen (secondary N) is 1. The summed E-state index contributed by atoms with van der Waals surface area (Å²) in [5, 5.41) is 3.49. The van der Waals surface area contributed by atoms with Crippen molar-refractivity contribution in [2.45, 2.75) is 12.9 Å². The Balaban J connectivity index is 2.94. The lowest BCUT2D eigenvalue weighted by Crippen LogP contribution is -2.53. The molecule has 6 nitrogen and oxygen atoms in total. The molecule has 1 heterocycles. The topological polar surface area (TPSA) is 52.5 Å². The van der Waals surface area contributed by atoms with Crippen molar-refractivity contribution in [3.63, 3.8) is 0 Å². The van der Waals surface area contributed by atoms with E-state index < -0.39 is 12.9 Å². The molecule has 0 bridgehead atoms. The zero-order valence-electron chi connectivity index (χ0n) is 8.99. The van der Waals surface area contributed by atoms with Crippen molar-refractivity contribution in [1.82, 2.24) is 15.3 Å². The van der Waals surface area contributed by atoms with Gasteiger partial charge in [-0.2, -0.15) is 23.7 Å². The van der Waals surface area contributed by atoms with Crippen molar-refractivity contribution < 1.29 is 13.6 Å². The number of halogens is 3. The molecule has 0 fully saturated rings. The molecule has 16 heavy (non-hydrogen) atoms. The van der Waals surface area contributed by atoms with Gasteiger partial charge >= 0.3 is 6.61 Å². The van der Waals surface area contributed by atoms with E-state index in [9.17, 15) is 8.78 Å². The van der Waals surface area contributed by atoms with Crippen LogP contribution in [0.5, 0.6) is 0 Å². The van der Waals surface area contributed by atoms with Gasteiger partial charge in [0.1, 0.15) is 0 Å². The Morgan fingerprint density at radius 3 is 2.62 bits per heavy atom. The van der Waals surface area contributed by atoms with E-state index in [1.807, 2.05) is 0 Å². The molecule has 0 aliphatic carbocycles. The van der Waals surface area contributed by atoms with Crippen molar-refractivity contribution in [1.29, 1.82) is 0 Å². The highest BCUT2D eigenvalue weighted by atomic mass is 35.5. The van der Waals surface area contributed by atoms with E-state index in [-0.39, 0.29) is 11.3 Å². The molecule has 0 spiro atoms. The monoisotopic (exact) mass is 255 g/mol. The van der Waals surface area contributed by atoms with E-state index in [1.54, 1.807) is 21.1 Å². The van der Waals surface area contributed by atoms with Crippen LogP contribution in [0.1, 0.15) is 0 Å². The number of rotatable bonds is 3. The minimum absolute atomic E-state index is 0.0304. The molecule has 1 atom stereocenters. The lowest BCUT2D eigenvalue weighted by molar-refractivity contribution is -0.268. The molecule has 0 aromatic rings. The molecule has 0 aromatic heterocycles. The third kappa shape index (κ3) is 3.00. The van der Waals surface area contributed by atoms with Crippen LogP contribution in [0.25, 0.3) is 0 Å². The maximum absolute atomic E-state index is 12.2. The number of nitrogens with zero attached hydrogens (tertiary/aromatic N) is 4. The van der Waals surface area contributed by atoms with Gasteiger partial charge in [-0.15, -0.1) is 0 Å². The Labute approximate surface area is 96.5 Å². The van der Waals surface area contributed by atoms with Crippen molar-refractivity contribution in [3.8, 4) is 0 Å². The summed E-state index contributed by atoms with van der Waals surface area (Å²) in [6, 6.07) is 0. The third-order valence-corrected chi connectivity index (χ3v) is 1.87. The molecule has 0 saturated carbocycles. The Hall–Kier alpha value is -0.990. The number of hydrogen-bond donors (Lipinski definition) is 1. The van der Waals surface area contributed by atoms with Crippen molar-refractivity contribution in [2.24, 2.45) is 9.98 Å². The molecule has 1 unspecified atom stereocenters. The van der Waals surface area contributed by atoms with Crippen LogP contribution < -0.4 is 5.32 Å². The van der Waals surface area contributed by atoms with Crippen molar-refractivity contribution >= 4 is 22.9 Å². The predicted molar refractivity (Wildman–Crippen MR) is 56.2 cm³/mol. The summed E-state index contributed by atoms with van der Waals surface area (Å²) in [6.07, 6.45) is -0.837. The van der Waals surface area contributed by atoms with Crippen molar-refractivity contribution in [3.05, 3.63) is 0 Å². The van der Waals surface area contributed by atoms with Gasteiger partial charge in [0.2, 0.25) is 17.5 Å². The lowest BCUT2D eigenvalue weighted by Gasteiger charge is -2.34. The van der Waals surface area contributed by atoms with Crippen LogP contribution in [0.3, 0.4) is 0 Å². The Kier molecular flexibility index (Phi) is 4.39. The molecule has 9 heteroatoms. The first-order chi connectivity index (χ1) is 7.45. The summed E-state index contributed by atoms with van der Waals surface area (Å²) in [7, 11) is 4.80. The van der Waals surface area contributed by atoms with Crippen LogP contribution in [-0.2, 0) is 4.84 Å². The Morgan fingerprint density at radius 2 is 2.19 bits per heavy atom. The van der Waals surface area contributed by atoms with E-state index >= 15 is 0 Å². The van der Waals surface area contributed by atoms with Gasteiger partial charge < -0.3 is 4.90 Å². The minimum atomic E-state index is -2.96. The van der Waals surface area contributed by atoms with Crippen LogP contribution in [0.4, 0.5) is 8.78 Å². The first-order valence-corrected chi connectivity index (χ1v) is 4.74. The van der Waals surface area contributed by atoms with Crippen LogP contribution in [-0.4, -0.2) is 55.3 Å². The number of guanidine groups is 1. The van der Waals surface area contributed by atoms with Crippen molar-refractivity contribution in [2.75, 3.05) is 21.1 Å². The summed E-state index contributed by atoms with van der Waals surface area (Å²) in [5.41, 5.74) is 0. The second kappa shape index (κ2) is 5.37. The van der Waals surface area contributed by atoms with E-state index in [1.165, 1.54) is 4.90 Å². The summed E-state index contributed by atoms with van der Waals surface area (Å²) in [5.74, 6) is 0.139. The first-order valence-electron chi connectivity index (χ1n) is 4.36. The second-order valence-electron chi connectivity index (χ2n) is 3.06. The third-order valence-electron chi connectivity index (χ3n) is 1.69. The quantitative estimate of drug-likeness (QED) is 0.745. The number of amidine groups is 1. The zero-order valence-corrected chi connectivity index (χ0v) is 9.74. The number of aliphatic imine (C=N–C) groups is 2. The van der Waals surface area contributed by atoms with Crippen LogP contribution in [0.15, 0.2) is 9.98 Å². The van der Waals surface area contributed by atoms with E-state index in [0.29, 0.717) is 0 Å². The molecule has 92 valence electrons. The maximum atomic E-state index is 12.2. The Bertz CT molecular complexity index is 309. The fourth-order valence-corrected chi connectivity index (χ4v) is 1.26. The number of hydrogen-bond acceptors (Lipinski definition) is 6. The summed E-state index contributed by atoms with van der Waals surface area (Å²) >= 11 is 5.66. The fraction of sp³-hybridized carbons (Fsp3) is 0.714. The molecule has 0 radical (unpaired) electrons. The molecule has 1 rings (SSSR count). The highest BCUT2D eigenvalue weighted by Gasteiger charge is 2.30. The number of hydroxylamine groups is 2. The van der Waals surface area contributed by atoms with E-state index in [0.717, 1.165) is 5.06 Å². The fourth-order valence-electron chi connectivity index (χ4n) is 1.09. The normalized spacial score (nSPS) is 20.9. The first kappa shape index (κ1) is 13.1. The van der Waals surface area contributed by atoms with Gasteiger partial charge in [-0.25, -0.2) is 4.99 Å². The molecule has 0 aromatic carbocycles. The highest BCUT2D eigenvalue weighted by molar-refractivity contribution is 6.65. The van der Waals surface area contributed by atoms with Crippen LogP contribution in [0.2, 0.25) is 0 Å². The van der Waals surface area contributed by atoms with Crippen LogP contribution >= 0.6 is 11.6 Å². The average molecular weight is 256 g/mol. The molecular weight excluding hydrogens is 244 g/mol.